The summed E-state index contributed by atoms with van der Waals surface area (Å²) < 4.78 is 4.17. The third-order valence-electron chi connectivity index (χ3n) is 0.519. The van der Waals surface area contributed by atoms with Crippen molar-refractivity contribution in [3.8, 4) is 12.1 Å². The molecule has 0 bridgehead atoms. The first-order valence-electron chi connectivity index (χ1n) is 2.85. The number of rotatable bonds is 1. The molecule has 62 valence electrons. The van der Waals surface area contributed by atoms with E-state index in [0.29, 0.717) is 0 Å². The first kappa shape index (κ1) is 12.6. The van der Waals surface area contributed by atoms with Gasteiger partial charge in [0.05, 0.1) is 6.26 Å². The molecule has 0 aromatic carbocycles. The van der Waals surface area contributed by atoms with Crippen molar-refractivity contribution in [2.75, 3.05) is 0 Å². The van der Waals surface area contributed by atoms with Gasteiger partial charge in [0, 0.05) is 6.92 Å². The lowest BCUT2D eigenvalue weighted by molar-refractivity contribution is -0.135. The molecule has 0 radical (unpaired) electrons. The van der Waals surface area contributed by atoms with Crippen LogP contribution in [0.1, 0.15) is 6.92 Å². The Labute approximate surface area is 71.0 Å². The second kappa shape index (κ2) is 8.93. The van der Waals surface area contributed by atoms with E-state index in [9.17, 15) is 4.79 Å². The molecule has 0 heterocycles. The molecule has 0 aromatic rings. The van der Waals surface area contributed by atoms with Crippen LogP contribution in [0.25, 0.3) is 0 Å². The zero-order valence-corrected chi connectivity index (χ0v) is 6.70. The van der Waals surface area contributed by atoms with Gasteiger partial charge in [-0.25, -0.2) is 0 Å². The smallest absolute Gasteiger partial charge is 0.307 e. The van der Waals surface area contributed by atoms with Crippen LogP contribution < -0.4 is 0 Å². The van der Waals surface area contributed by atoms with E-state index in [1.54, 1.807) is 12.1 Å². The zero-order valence-electron chi connectivity index (χ0n) is 6.70. The van der Waals surface area contributed by atoms with Crippen molar-refractivity contribution < 1.29 is 9.53 Å². The molecule has 0 rings (SSSR count). The van der Waals surface area contributed by atoms with E-state index in [1.165, 1.54) is 6.92 Å². The number of nitrogens with zero attached hydrogens (tertiary/aromatic N) is 2. The predicted octanol–water partition coefficient (Wildman–Crippen LogP) is 1.28. The maximum absolute atomic E-state index is 9.75. The minimum absolute atomic E-state index is 0.0463. The number of hydrogen-bond acceptors (Lipinski definition) is 4. The lowest BCUT2D eigenvalue weighted by atomic mass is 10.4. The van der Waals surface area contributed by atoms with Gasteiger partial charge < -0.3 is 4.74 Å². The molecule has 0 saturated carbocycles. The van der Waals surface area contributed by atoms with Crippen LogP contribution in [0.3, 0.4) is 0 Å². The maximum atomic E-state index is 9.75. The molecule has 0 aliphatic heterocycles. The van der Waals surface area contributed by atoms with Gasteiger partial charge in [-0.15, -0.1) is 0 Å². The normalized spacial score (nSPS) is 5.92. The number of carbonyl (C=O) groups excluding carboxylic acids is 1. The van der Waals surface area contributed by atoms with Crippen LogP contribution in [0.15, 0.2) is 25.0 Å². The summed E-state index contributed by atoms with van der Waals surface area (Å²) in [5, 5.41) is 15.5. The number of allylic oxidation sites excluding steroid dienone is 1. The monoisotopic (exact) mass is 164 g/mol. The van der Waals surface area contributed by atoms with Crippen LogP contribution >= 0.6 is 0 Å². The van der Waals surface area contributed by atoms with Gasteiger partial charge in [-0.2, -0.15) is 10.5 Å². The van der Waals surface area contributed by atoms with Crippen LogP contribution in [-0.4, -0.2) is 5.97 Å². The highest BCUT2D eigenvalue weighted by Gasteiger charge is 1.79. The second-order valence-corrected chi connectivity index (χ2v) is 1.48. The second-order valence-electron chi connectivity index (χ2n) is 1.48. The Morgan fingerprint density at radius 3 is 1.92 bits per heavy atom. The lowest BCUT2D eigenvalue weighted by Gasteiger charge is -1.83. The summed E-state index contributed by atoms with van der Waals surface area (Å²) in [5.74, 6) is -0.329. The third-order valence-corrected chi connectivity index (χ3v) is 0.519. The molecule has 0 saturated heterocycles. The number of carbonyl (C=O) groups is 1. The van der Waals surface area contributed by atoms with Crippen LogP contribution in [0, 0.1) is 22.7 Å². The molecular weight excluding hydrogens is 156 g/mol. The number of esters is 1. The summed E-state index contributed by atoms with van der Waals surface area (Å²) in [6, 6.07) is 3.12. The zero-order chi connectivity index (χ0) is 9.98. The van der Waals surface area contributed by atoms with Gasteiger partial charge in [0.25, 0.3) is 0 Å². The summed E-state index contributed by atoms with van der Waals surface area (Å²) in [5.41, 5.74) is -0.0463. The molecule has 0 spiro atoms. The van der Waals surface area contributed by atoms with E-state index in [2.05, 4.69) is 17.9 Å². The van der Waals surface area contributed by atoms with E-state index in [1.807, 2.05) is 0 Å². The van der Waals surface area contributed by atoms with Crippen LogP contribution in [0.5, 0.6) is 0 Å². The van der Waals surface area contributed by atoms with Gasteiger partial charge >= 0.3 is 5.97 Å². The largest absolute Gasteiger partial charge is 0.435 e. The van der Waals surface area contributed by atoms with Gasteiger partial charge in [-0.3, -0.25) is 4.79 Å². The molecule has 0 aliphatic rings. The average molecular weight is 164 g/mol. The van der Waals surface area contributed by atoms with E-state index in [-0.39, 0.29) is 11.5 Å². The average Bonchev–Trinajstić information content (AvgIpc) is 2.04. The molecule has 4 heteroatoms. The molecule has 12 heavy (non-hydrogen) atoms. The SMILES string of the molecule is C=C(C#N)C#N.C=COC(C)=O. The highest BCUT2D eigenvalue weighted by Crippen LogP contribution is 1.75. The van der Waals surface area contributed by atoms with Gasteiger partial charge in [-0.1, -0.05) is 13.2 Å². The summed E-state index contributed by atoms with van der Waals surface area (Å²) in [7, 11) is 0. The van der Waals surface area contributed by atoms with Gasteiger partial charge in [0.15, 0.2) is 0 Å². The van der Waals surface area contributed by atoms with Crippen molar-refractivity contribution in [1.29, 1.82) is 10.5 Å². The third kappa shape index (κ3) is 15.7. The highest BCUT2D eigenvalue weighted by atomic mass is 16.5. The quantitative estimate of drug-likeness (QED) is 0.332. The van der Waals surface area contributed by atoms with E-state index in [4.69, 9.17) is 10.5 Å². The first-order valence-corrected chi connectivity index (χ1v) is 2.85. The Kier molecular flexibility index (Phi) is 9.37. The molecular formula is C8H8N2O2. The van der Waals surface area contributed by atoms with Crippen LogP contribution in [0.2, 0.25) is 0 Å². The van der Waals surface area contributed by atoms with Crippen LogP contribution in [0.4, 0.5) is 0 Å². The summed E-state index contributed by atoms with van der Waals surface area (Å²) in [6.45, 7) is 7.55. The molecule has 0 unspecified atom stereocenters. The molecule has 0 amide bonds. The minimum Gasteiger partial charge on any atom is -0.435 e. The lowest BCUT2D eigenvalue weighted by Crippen LogP contribution is -1.87. The van der Waals surface area contributed by atoms with Gasteiger partial charge in [-0.05, 0) is 0 Å². The summed E-state index contributed by atoms with van der Waals surface area (Å²) >= 11 is 0. The molecule has 0 atom stereocenters. The molecule has 4 nitrogen and oxygen atoms in total. The van der Waals surface area contributed by atoms with Crippen molar-refractivity contribution in [1.82, 2.24) is 0 Å². The number of hydrogen-bond donors (Lipinski definition) is 0. The number of nitriles is 2. The Bertz CT molecular complexity index is 239. The Hall–Kier alpha value is -2.07. The van der Waals surface area contributed by atoms with Gasteiger partial charge in [0.2, 0.25) is 0 Å². The van der Waals surface area contributed by atoms with Crippen LogP contribution in [-0.2, 0) is 9.53 Å². The Morgan fingerprint density at radius 1 is 1.50 bits per heavy atom. The van der Waals surface area contributed by atoms with E-state index in [0.717, 1.165) is 6.26 Å². The molecule has 0 aromatic heterocycles. The van der Waals surface area contributed by atoms with E-state index < -0.39 is 0 Å². The predicted molar refractivity (Wildman–Crippen MR) is 42.3 cm³/mol. The van der Waals surface area contributed by atoms with Crippen molar-refractivity contribution in [2.45, 2.75) is 6.92 Å². The summed E-state index contributed by atoms with van der Waals surface area (Å²) in [6.07, 6.45) is 1.10. The van der Waals surface area contributed by atoms with Crippen molar-refractivity contribution >= 4 is 5.97 Å². The standard InChI is InChI=1S/C4H2N2.C4H6O2/c1-4(2-5)3-6;1-3-6-4(2)5/h1H2;3H,1H2,2H3. The van der Waals surface area contributed by atoms with Crippen molar-refractivity contribution in [3.05, 3.63) is 25.0 Å². The highest BCUT2D eigenvalue weighted by molar-refractivity contribution is 5.66. The fourth-order valence-electron chi connectivity index (χ4n) is 0.142. The van der Waals surface area contributed by atoms with Gasteiger partial charge in [0.1, 0.15) is 17.7 Å². The first-order chi connectivity index (χ1) is 5.58. The maximum Gasteiger partial charge on any atom is 0.307 e. The minimum atomic E-state index is -0.329. The molecule has 0 N–H and O–H groups in total. The van der Waals surface area contributed by atoms with Crippen molar-refractivity contribution in [3.63, 3.8) is 0 Å². The van der Waals surface area contributed by atoms with Crippen molar-refractivity contribution in [2.24, 2.45) is 0 Å². The molecule has 0 aliphatic carbocycles. The Balaban J connectivity index is 0. The topological polar surface area (TPSA) is 73.9 Å². The van der Waals surface area contributed by atoms with E-state index >= 15 is 0 Å². The number of ether oxygens (including phenoxy) is 1. The fourth-order valence-corrected chi connectivity index (χ4v) is 0.142. The fraction of sp³-hybridized carbons (Fsp3) is 0.125. The molecule has 0 fully saturated rings. The Morgan fingerprint density at radius 2 is 1.92 bits per heavy atom. The summed E-state index contributed by atoms with van der Waals surface area (Å²) in [4.78, 5) is 9.75.